The number of carbonyl (C=O) groups excluding carboxylic acids is 1. The highest BCUT2D eigenvalue weighted by atomic mass is 35.5. The molecule has 13 heteroatoms. The van der Waals surface area contributed by atoms with Crippen LogP contribution in [0.2, 0.25) is 10.0 Å². The largest absolute Gasteiger partial charge is 0.448 e. The lowest BCUT2D eigenvalue weighted by atomic mass is 10.1. The summed E-state index contributed by atoms with van der Waals surface area (Å²) in [7, 11) is -3.35. The third-order valence-electron chi connectivity index (χ3n) is 5.64. The molecule has 0 radical (unpaired) electrons. The molecule has 0 N–H and O–H groups in total. The van der Waals surface area contributed by atoms with E-state index in [9.17, 15) is 26.4 Å². The molecule has 0 saturated carbocycles. The Hall–Kier alpha value is -3.28. The van der Waals surface area contributed by atoms with Gasteiger partial charge in [0, 0.05) is 18.5 Å². The molecule has 200 valence electrons. The minimum atomic E-state index is -4.61. The molecule has 0 unspecified atom stereocenters. The molecule has 0 aliphatic heterocycles. The summed E-state index contributed by atoms with van der Waals surface area (Å²) in [6.45, 7) is 1.69. The fourth-order valence-electron chi connectivity index (χ4n) is 3.94. The second-order valence-electron chi connectivity index (χ2n) is 8.07. The zero-order chi connectivity index (χ0) is 27.6. The minimum Gasteiger partial charge on any atom is -0.448 e. The number of imidazole rings is 1. The predicted molar refractivity (Wildman–Crippen MR) is 140 cm³/mol. The molecule has 7 nitrogen and oxygen atoms in total. The number of halogens is 5. The summed E-state index contributed by atoms with van der Waals surface area (Å²) in [5, 5.41) is -0.366. The lowest BCUT2D eigenvalue weighted by molar-refractivity contribution is -0.137. The number of hydrogen-bond donors (Lipinski definition) is 1. The van der Waals surface area contributed by atoms with Crippen LogP contribution in [-0.2, 0) is 34.6 Å². The number of benzene rings is 3. The molecule has 4 aromatic rings. The molecule has 0 fully saturated rings. The van der Waals surface area contributed by atoms with Gasteiger partial charge in [-0.15, -0.1) is 0 Å². The molecular weight excluding hydrogens is 566 g/mol. The van der Waals surface area contributed by atoms with Crippen LogP contribution in [0, 0.1) is 0 Å². The summed E-state index contributed by atoms with van der Waals surface area (Å²) >= 11 is 12.0. The number of carbonyl (C=O) groups is 1. The Kier molecular flexibility index (Phi) is 8.19. The number of hydrogen-bond acceptors (Lipinski definition) is 5. The summed E-state index contributed by atoms with van der Waals surface area (Å²) in [4.78, 5) is 16.9. The maximum Gasteiger partial charge on any atom is 0.428 e. The van der Waals surface area contributed by atoms with E-state index in [-0.39, 0.29) is 29.3 Å². The topological polar surface area (TPSA) is 81.5 Å². The lowest BCUT2D eigenvalue weighted by Crippen LogP contribution is -2.30. The van der Waals surface area contributed by atoms with Crippen molar-refractivity contribution in [2.45, 2.75) is 25.9 Å². The number of anilines is 1. The highest BCUT2D eigenvalue weighted by molar-refractivity contribution is 7.75. The Balaban J connectivity index is 1.57. The highest BCUT2D eigenvalue weighted by Gasteiger charge is 2.34. The number of rotatable bonds is 7. The smallest absolute Gasteiger partial charge is 0.428 e. The first-order valence-electron chi connectivity index (χ1n) is 11.2. The molecule has 38 heavy (non-hydrogen) atoms. The van der Waals surface area contributed by atoms with Crippen molar-refractivity contribution < 1.29 is 31.1 Å². The zero-order valence-corrected chi connectivity index (χ0v) is 22.1. The van der Waals surface area contributed by atoms with E-state index < -0.39 is 33.7 Å². The summed E-state index contributed by atoms with van der Waals surface area (Å²) in [5.41, 5.74) is 0.948. The van der Waals surface area contributed by atoms with Gasteiger partial charge in [-0.2, -0.15) is 17.5 Å². The number of para-hydroxylation sites is 1. The van der Waals surface area contributed by atoms with E-state index in [0.29, 0.717) is 27.8 Å². The molecule has 0 aliphatic carbocycles. The zero-order valence-electron chi connectivity index (χ0n) is 19.7. The summed E-state index contributed by atoms with van der Waals surface area (Å²) < 4.78 is 70.7. The van der Waals surface area contributed by atoms with Crippen molar-refractivity contribution in [1.82, 2.24) is 9.55 Å². The van der Waals surface area contributed by atoms with E-state index in [1.807, 2.05) is 6.92 Å². The Morgan fingerprint density at radius 2 is 1.79 bits per heavy atom. The van der Waals surface area contributed by atoms with Gasteiger partial charge >= 0.3 is 12.3 Å². The van der Waals surface area contributed by atoms with Gasteiger partial charge in [-0.05, 0) is 42.0 Å². The van der Waals surface area contributed by atoms with E-state index in [1.54, 1.807) is 34.9 Å². The third-order valence-corrected chi connectivity index (χ3v) is 6.97. The average molecular weight is 586 g/mol. The number of fused-ring (bicyclic) bond motifs is 1. The van der Waals surface area contributed by atoms with Crippen LogP contribution in [0.3, 0.4) is 0 Å². The number of ether oxygens (including phenoxy) is 1. The summed E-state index contributed by atoms with van der Waals surface area (Å²) in [6.07, 6.45) is -5.03. The molecule has 0 bridgehead atoms. The van der Waals surface area contributed by atoms with Crippen molar-refractivity contribution in [3.63, 3.8) is 0 Å². The van der Waals surface area contributed by atoms with Crippen LogP contribution in [-0.4, -0.2) is 30.7 Å². The quantitative estimate of drug-likeness (QED) is 0.246. The normalized spacial score (nSPS) is 11.8. The molecule has 1 aromatic heterocycles. The number of alkyl halides is 3. The minimum absolute atomic E-state index is 0.0244. The fraction of sp³-hybridized carbons (Fsp3) is 0.200. The van der Waals surface area contributed by atoms with Crippen molar-refractivity contribution in [3.05, 3.63) is 87.7 Å². The van der Waals surface area contributed by atoms with Crippen molar-refractivity contribution in [2.24, 2.45) is 0 Å². The summed E-state index contributed by atoms with van der Waals surface area (Å²) in [5.74, 6) is 0.536. The molecule has 1 heterocycles. The standard InChI is InChI=1S/C25H20Cl2F3N3O4S/c1-2-23-31-20-13-17(25(28,29)30)19(27)14-22(20)32(23)16-7-5-6-15(12-16)10-11-37-24(34)33(38(35)36)21-9-4-3-8-18(21)26/h3-9,12-14,38H,2,10-11H2,1H3. The van der Waals surface area contributed by atoms with Crippen molar-refractivity contribution in [2.75, 3.05) is 10.9 Å². The van der Waals surface area contributed by atoms with Crippen LogP contribution in [0.25, 0.3) is 16.7 Å². The highest BCUT2D eigenvalue weighted by Crippen LogP contribution is 2.38. The van der Waals surface area contributed by atoms with Gasteiger partial charge in [-0.25, -0.2) is 18.2 Å². The van der Waals surface area contributed by atoms with Gasteiger partial charge in [0.15, 0.2) is 0 Å². The van der Waals surface area contributed by atoms with E-state index in [0.717, 1.165) is 11.6 Å². The van der Waals surface area contributed by atoms with Gasteiger partial charge in [-0.3, -0.25) is 4.57 Å². The number of aromatic nitrogens is 2. The Morgan fingerprint density at radius 1 is 1.05 bits per heavy atom. The van der Waals surface area contributed by atoms with Gasteiger partial charge in [-0.1, -0.05) is 54.4 Å². The molecule has 3 aromatic carbocycles. The Labute approximate surface area is 227 Å². The van der Waals surface area contributed by atoms with Gasteiger partial charge in [0.1, 0.15) is 5.82 Å². The molecule has 0 saturated heterocycles. The number of nitrogens with zero attached hydrogens (tertiary/aromatic N) is 3. The first kappa shape index (κ1) is 27.7. The maximum absolute atomic E-state index is 13.3. The second kappa shape index (κ2) is 11.2. The molecule has 0 aliphatic rings. The average Bonchev–Trinajstić information content (AvgIpc) is 3.21. The van der Waals surface area contributed by atoms with Crippen LogP contribution in [0.15, 0.2) is 60.7 Å². The van der Waals surface area contributed by atoms with Gasteiger partial charge < -0.3 is 4.74 Å². The van der Waals surface area contributed by atoms with E-state index in [2.05, 4.69) is 4.98 Å². The molecule has 1 amide bonds. The Bertz CT molecular complexity index is 1580. The second-order valence-corrected chi connectivity index (χ2v) is 9.76. The van der Waals surface area contributed by atoms with Crippen molar-refractivity contribution >= 4 is 56.9 Å². The van der Waals surface area contributed by atoms with E-state index >= 15 is 0 Å². The van der Waals surface area contributed by atoms with Gasteiger partial charge in [0.25, 0.3) is 0 Å². The first-order valence-corrected chi connectivity index (χ1v) is 13.1. The van der Waals surface area contributed by atoms with Crippen LogP contribution in [0.5, 0.6) is 0 Å². The molecule has 0 spiro atoms. The van der Waals surface area contributed by atoms with Gasteiger partial charge in [0.05, 0.1) is 38.9 Å². The van der Waals surface area contributed by atoms with Crippen LogP contribution >= 0.6 is 23.2 Å². The monoisotopic (exact) mass is 585 g/mol. The Morgan fingerprint density at radius 3 is 2.45 bits per heavy atom. The fourth-order valence-corrected chi connectivity index (χ4v) is 5.02. The first-order chi connectivity index (χ1) is 18.0. The molecule has 4 rings (SSSR count). The van der Waals surface area contributed by atoms with Crippen LogP contribution in [0.4, 0.5) is 23.7 Å². The van der Waals surface area contributed by atoms with E-state index in [4.69, 9.17) is 27.9 Å². The predicted octanol–water partition coefficient (Wildman–Crippen LogP) is 6.63. The molecular formula is C25H20Cl2F3N3O4S. The number of thiol groups is 1. The molecule has 0 atom stereocenters. The summed E-state index contributed by atoms with van der Waals surface area (Å²) in [6, 6.07) is 15.2. The number of amides is 1. The van der Waals surface area contributed by atoms with Gasteiger partial charge in [0.2, 0.25) is 10.9 Å². The van der Waals surface area contributed by atoms with Crippen LogP contribution in [0.1, 0.15) is 23.9 Å². The lowest BCUT2D eigenvalue weighted by Gasteiger charge is -2.17. The number of aryl methyl sites for hydroxylation is 1. The maximum atomic E-state index is 13.3. The third kappa shape index (κ3) is 5.74. The van der Waals surface area contributed by atoms with Crippen LogP contribution < -0.4 is 4.31 Å². The van der Waals surface area contributed by atoms with E-state index in [1.165, 1.54) is 24.3 Å². The SMILES string of the molecule is CCc1nc2cc(C(F)(F)F)c(Cl)cc2n1-c1cccc(CCOC(=O)N(c2ccccc2Cl)[SH](=O)=O)c1. The van der Waals surface area contributed by atoms with Crippen molar-refractivity contribution in [3.8, 4) is 5.69 Å². The van der Waals surface area contributed by atoms with Crippen molar-refractivity contribution in [1.29, 1.82) is 0 Å².